The number of amides is 1. The molecule has 0 bridgehead atoms. The van der Waals surface area contributed by atoms with Crippen LogP contribution < -0.4 is 0 Å². The quantitative estimate of drug-likeness (QED) is 0.704. The van der Waals surface area contributed by atoms with Crippen molar-refractivity contribution in [3.8, 4) is 11.4 Å². The van der Waals surface area contributed by atoms with E-state index in [1.54, 1.807) is 22.8 Å². The molecule has 0 atom stereocenters. The second-order valence-electron chi connectivity index (χ2n) is 5.98. The summed E-state index contributed by atoms with van der Waals surface area (Å²) in [6.07, 6.45) is 2.28. The molecule has 128 valence electrons. The standard InChI is InChI=1S/C17H17ClN6O/c1-22-11-13(18)15(20-22)17(25)23-8-7-14-19-16(21-24(14)10-9-23)12-5-3-2-4-6-12/h2-6,11H,7-10H2,1H3. The molecule has 0 spiro atoms. The molecule has 1 amide bonds. The van der Waals surface area contributed by atoms with Crippen molar-refractivity contribution in [2.75, 3.05) is 13.1 Å². The van der Waals surface area contributed by atoms with Gasteiger partial charge < -0.3 is 4.90 Å². The van der Waals surface area contributed by atoms with E-state index in [1.807, 2.05) is 35.0 Å². The third-order valence-electron chi connectivity index (χ3n) is 4.24. The molecular formula is C17H17ClN6O. The first-order chi connectivity index (χ1) is 12.1. The number of fused-ring (bicyclic) bond motifs is 1. The fraction of sp³-hybridized carbons (Fsp3) is 0.294. The highest BCUT2D eigenvalue weighted by molar-refractivity contribution is 6.33. The highest BCUT2D eigenvalue weighted by atomic mass is 35.5. The lowest BCUT2D eigenvalue weighted by molar-refractivity contribution is 0.0751. The van der Waals surface area contributed by atoms with E-state index >= 15 is 0 Å². The van der Waals surface area contributed by atoms with Gasteiger partial charge in [0.25, 0.3) is 5.91 Å². The molecule has 0 N–H and O–H groups in total. The number of hydrogen-bond acceptors (Lipinski definition) is 4. The second kappa shape index (κ2) is 6.33. The molecule has 1 aliphatic heterocycles. The third kappa shape index (κ3) is 3.02. The summed E-state index contributed by atoms with van der Waals surface area (Å²) in [4.78, 5) is 19.1. The number of carbonyl (C=O) groups excluding carboxylic acids is 1. The number of halogens is 1. The summed E-state index contributed by atoms with van der Waals surface area (Å²) in [6.45, 7) is 1.72. The number of carbonyl (C=O) groups is 1. The normalized spacial score (nSPS) is 14.2. The van der Waals surface area contributed by atoms with Crippen molar-refractivity contribution in [2.45, 2.75) is 13.0 Å². The molecule has 0 saturated heterocycles. The number of hydrogen-bond donors (Lipinski definition) is 0. The van der Waals surface area contributed by atoms with E-state index < -0.39 is 0 Å². The average Bonchev–Trinajstić information content (AvgIpc) is 3.12. The molecule has 4 rings (SSSR count). The number of benzene rings is 1. The van der Waals surface area contributed by atoms with E-state index in [2.05, 4.69) is 15.2 Å². The van der Waals surface area contributed by atoms with Crippen LogP contribution in [0.3, 0.4) is 0 Å². The Morgan fingerprint density at radius 3 is 2.64 bits per heavy atom. The molecule has 0 saturated carbocycles. The average molecular weight is 357 g/mol. The molecule has 8 heteroatoms. The van der Waals surface area contributed by atoms with Gasteiger partial charge in [0.15, 0.2) is 11.5 Å². The van der Waals surface area contributed by atoms with Crippen LogP contribution in [0.1, 0.15) is 16.3 Å². The van der Waals surface area contributed by atoms with E-state index in [0.717, 1.165) is 17.2 Å². The topological polar surface area (TPSA) is 68.8 Å². The van der Waals surface area contributed by atoms with Gasteiger partial charge in [-0.3, -0.25) is 9.48 Å². The molecule has 1 aromatic carbocycles. The first kappa shape index (κ1) is 15.8. The predicted octanol–water partition coefficient (Wildman–Crippen LogP) is 2.03. The van der Waals surface area contributed by atoms with E-state index in [0.29, 0.717) is 36.8 Å². The summed E-state index contributed by atoms with van der Waals surface area (Å²) in [6, 6.07) is 9.90. The zero-order valence-electron chi connectivity index (χ0n) is 13.8. The smallest absolute Gasteiger partial charge is 0.275 e. The van der Waals surface area contributed by atoms with Crippen LogP contribution >= 0.6 is 11.6 Å². The molecular weight excluding hydrogens is 340 g/mol. The molecule has 25 heavy (non-hydrogen) atoms. The second-order valence-corrected chi connectivity index (χ2v) is 6.39. The summed E-state index contributed by atoms with van der Waals surface area (Å²) in [7, 11) is 1.75. The van der Waals surface area contributed by atoms with Crippen LogP contribution in [-0.4, -0.2) is 48.4 Å². The minimum absolute atomic E-state index is 0.153. The molecule has 0 unspecified atom stereocenters. The maximum absolute atomic E-state index is 12.7. The summed E-state index contributed by atoms with van der Waals surface area (Å²) in [5, 5.41) is 9.13. The Kier molecular flexibility index (Phi) is 4.01. The molecule has 0 fully saturated rings. The first-order valence-electron chi connectivity index (χ1n) is 8.09. The van der Waals surface area contributed by atoms with Crippen molar-refractivity contribution in [1.82, 2.24) is 29.4 Å². The van der Waals surface area contributed by atoms with E-state index in [4.69, 9.17) is 11.6 Å². The van der Waals surface area contributed by atoms with Crippen LogP contribution in [0.4, 0.5) is 0 Å². The lowest BCUT2D eigenvalue weighted by Gasteiger charge is -2.18. The van der Waals surface area contributed by atoms with Gasteiger partial charge >= 0.3 is 0 Å². The Morgan fingerprint density at radius 2 is 1.92 bits per heavy atom. The van der Waals surface area contributed by atoms with Crippen LogP contribution in [0.25, 0.3) is 11.4 Å². The van der Waals surface area contributed by atoms with Gasteiger partial charge in [-0.25, -0.2) is 9.67 Å². The van der Waals surface area contributed by atoms with Gasteiger partial charge in [0, 0.05) is 38.3 Å². The largest absolute Gasteiger partial charge is 0.335 e. The van der Waals surface area contributed by atoms with E-state index in [9.17, 15) is 4.79 Å². The third-order valence-corrected chi connectivity index (χ3v) is 4.52. The summed E-state index contributed by atoms with van der Waals surface area (Å²) in [5.41, 5.74) is 1.29. The summed E-state index contributed by atoms with van der Waals surface area (Å²) < 4.78 is 3.43. The monoisotopic (exact) mass is 356 g/mol. The van der Waals surface area contributed by atoms with Crippen molar-refractivity contribution >= 4 is 17.5 Å². The summed E-state index contributed by atoms with van der Waals surface area (Å²) >= 11 is 6.10. The number of nitrogens with zero attached hydrogens (tertiary/aromatic N) is 6. The Morgan fingerprint density at radius 1 is 1.12 bits per heavy atom. The van der Waals surface area contributed by atoms with Crippen molar-refractivity contribution in [3.63, 3.8) is 0 Å². The highest BCUT2D eigenvalue weighted by Crippen LogP contribution is 2.19. The van der Waals surface area contributed by atoms with Crippen molar-refractivity contribution in [2.24, 2.45) is 7.05 Å². The maximum Gasteiger partial charge on any atom is 0.275 e. The van der Waals surface area contributed by atoms with Crippen molar-refractivity contribution in [3.05, 3.63) is 53.1 Å². The van der Waals surface area contributed by atoms with E-state index in [-0.39, 0.29) is 5.91 Å². The van der Waals surface area contributed by atoms with Crippen LogP contribution in [0.2, 0.25) is 5.02 Å². The van der Waals surface area contributed by atoms with Gasteiger partial charge in [0.05, 0.1) is 11.6 Å². The molecule has 0 aliphatic carbocycles. The van der Waals surface area contributed by atoms with Gasteiger partial charge in [-0.2, -0.15) is 10.2 Å². The fourth-order valence-corrected chi connectivity index (χ4v) is 3.23. The molecule has 2 aromatic heterocycles. The van der Waals surface area contributed by atoms with Gasteiger partial charge in [-0.1, -0.05) is 41.9 Å². The van der Waals surface area contributed by atoms with Gasteiger partial charge in [-0.05, 0) is 0 Å². The maximum atomic E-state index is 12.7. The Balaban J connectivity index is 1.52. The molecule has 1 aliphatic rings. The number of aryl methyl sites for hydroxylation is 1. The molecule has 7 nitrogen and oxygen atoms in total. The van der Waals surface area contributed by atoms with E-state index in [1.165, 1.54) is 0 Å². The van der Waals surface area contributed by atoms with Crippen LogP contribution in [-0.2, 0) is 20.0 Å². The predicted molar refractivity (Wildman–Crippen MR) is 93.3 cm³/mol. The van der Waals surface area contributed by atoms with Crippen LogP contribution in [0.15, 0.2) is 36.5 Å². The molecule has 3 heterocycles. The minimum Gasteiger partial charge on any atom is -0.335 e. The molecule has 0 radical (unpaired) electrons. The lowest BCUT2D eigenvalue weighted by Crippen LogP contribution is -2.34. The van der Waals surface area contributed by atoms with Crippen LogP contribution in [0, 0.1) is 0 Å². The van der Waals surface area contributed by atoms with Crippen molar-refractivity contribution in [1.29, 1.82) is 0 Å². The SMILES string of the molecule is Cn1cc(Cl)c(C(=O)N2CCc3nc(-c4ccccc4)nn3CC2)n1. The minimum atomic E-state index is -0.153. The van der Waals surface area contributed by atoms with Crippen LogP contribution in [0.5, 0.6) is 0 Å². The Hall–Kier alpha value is -2.67. The summed E-state index contributed by atoms with van der Waals surface area (Å²) in [5.74, 6) is 1.46. The molecule has 3 aromatic rings. The van der Waals surface area contributed by atoms with Crippen molar-refractivity contribution < 1.29 is 4.79 Å². The van der Waals surface area contributed by atoms with Gasteiger partial charge in [-0.15, -0.1) is 0 Å². The first-order valence-corrected chi connectivity index (χ1v) is 8.47. The van der Waals surface area contributed by atoms with Gasteiger partial charge in [0.1, 0.15) is 5.82 Å². The fourth-order valence-electron chi connectivity index (χ4n) is 2.97. The Bertz CT molecular complexity index is 891. The number of rotatable bonds is 2. The van der Waals surface area contributed by atoms with Gasteiger partial charge in [0.2, 0.25) is 0 Å². The number of aromatic nitrogens is 5. The zero-order valence-corrected chi connectivity index (χ0v) is 14.5. The zero-order chi connectivity index (χ0) is 17.4. The lowest BCUT2D eigenvalue weighted by atomic mass is 10.2. The highest BCUT2D eigenvalue weighted by Gasteiger charge is 2.25. The Labute approximate surface area is 149 Å².